The minimum absolute atomic E-state index is 0.130. The average molecular weight is 381 g/mol. The zero-order chi connectivity index (χ0) is 20.1. The Hall–Kier alpha value is -3.29. The van der Waals surface area contributed by atoms with Crippen LogP contribution in [0, 0.1) is 6.92 Å². The van der Waals surface area contributed by atoms with Crippen molar-refractivity contribution >= 4 is 17.7 Å². The number of hydrogen-bond acceptors (Lipinski definition) is 6. The van der Waals surface area contributed by atoms with Gasteiger partial charge in [0.1, 0.15) is 0 Å². The molecule has 0 spiro atoms. The van der Waals surface area contributed by atoms with Crippen LogP contribution in [0.4, 0.5) is 0 Å². The summed E-state index contributed by atoms with van der Waals surface area (Å²) in [4.78, 5) is 33.0. The van der Waals surface area contributed by atoms with Crippen molar-refractivity contribution in [2.45, 2.75) is 45.8 Å². The molecule has 0 fully saturated rings. The van der Waals surface area contributed by atoms with Crippen molar-refractivity contribution < 1.29 is 14.3 Å². The van der Waals surface area contributed by atoms with Crippen LogP contribution in [0.3, 0.4) is 0 Å². The Morgan fingerprint density at radius 2 is 1.96 bits per heavy atom. The van der Waals surface area contributed by atoms with E-state index < -0.39 is 12.1 Å². The second kappa shape index (κ2) is 8.60. The van der Waals surface area contributed by atoms with E-state index in [1.54, 1.807) is 12.3 Å². The van der Waals surface area contributed by atoms with Crippen LogP contribution in [0.5, 0.6) is 0 Å². The first-order chi connectivity index (χ1) is 13.5. The highest BCUT2D eigenvalue weighted by Gasteiger charge is 2.24. The minimum atomic E-state index is -0.976. The minimum Gasteiger partial charge on any atom is -0.447 e. The second-order valence-electron chi connectivity index (χ2n) is 6.54. The average Bonchev–Trinajstić information content (AvgIpc) is 3.14. The summed E-state index contributed by atoms with van der Waals surface area (Å²) in [5, 5.41) is 7.05. The molecule has 2 heterocycles. The summed E-state index contributed by atoms with van der Waals surface area (Å²) in [6.07, 6.45) is 2.30. The predicted octanol–water partition coefficient (Wildman–Crippen LogP) is 2.64. The van der Waals surface area contributed by atoms with E-state index in [1.165, 1.54) is 11.4 Å². The predicted molar refractivity (Wildman–Crippen MR) is 103 cm³/mol. The molecule has 2 atom stereocenters. The first kappa shape index (κ1) is 19.5. The third-order valence-corrected chi connectivity index (χ3v) is 4.36. The normalized spacial score (nSPS) is 13.1. The Balaban J connectivity index is 1.66. The molecule has 1 aromatic carbocycles. The Morgan fingerprint density at radius 3 is 2.64 bits per heavy atom. The van der Waals surface area contributed by atoms with Crippen molar-refractivity contribution in [1.82, 2.24) is 24.9 Å². The summed E-state index contributed by atoms with van der Waals surface area (Å²) in [5.74, 6) is -0.959. The van der Waals surface area contributed by atoms with E-state index in [2.05, 4.69) is 27.3 Å². The first-order valence-electron chi connectivity index (χ1n) is 9.24. The lowest BCUT2D eigenvalue weighted by Crippen LogP contribution is -2.38. The molecule has 0 bridgehead atoms. The van der Waals surface area contributed by atoms with Crippen LogP contribution in [0.25, 0.3) is 5.78 Å². The van der Waals surface area contributed by atoms with Gasteiger partial charge >= 0.3 is 5.97 Å². The van der Waals surface area contributed by atoms with Crippen LogP contribution in [0.2, 0.25) is 0 Å². The van der Waals surface area contributed by atoms with Gasteiger partial charge in [-0.3, -0.25) is 4.79 Å². The van der Waals surface area contributed by atoms with E-state index in [-0.39, 0.29) is 17.8 Å². The van der Waals surface area contributed by atoms with Gasteiger partial charge < -0.3 is 10.1 Å². The SMILES string of the molecule is CCCC(NC(=O)C(C)OC(=O)c1nc2nccc(C)n2n1)c1ccccc1. The van der Waals surface area contributed by atoms with Crippen LogP contribution < -0.4 is 5.32 Å². The van der Waals surface area contributed by atoms with Crippen molar-refractivity contribution in [3.8, 4) is 0 Å². The molecular formula is C20H23N5O3. The van der Waals surface area contributed by atoms with Gasteiger partial charge in [-0.1, -0.05) is 43.7 Å². The number of rotatable bonds is 7. The number of ether oxygens (including phenoxy) is 1. The van der Waals surface area contributed by atoms with Gasteiger partial charge in [-0.15, -0.1) is 5.10 Å². The van der Waals surface area contributed by atoms with Crippen LogP contribution in [-0.4, -0.2) is 37.6 Å². The van der Waals surface area contributed by atoms with Gasteiger partial charge in [0.05, 0.1) is 6.04 Å². The number of nitrogens with zero attached hydrogens (tertiary/aromatic N) is 4. The molecule has 0 aliphatic rings. The van der Waals surface area contributed by atoms with Crippen molar-refractivity contribution in [2.75, 3.05) is 0 Å². The number of carbonyl (C=O) groups excluding carboxylic acids is 2. The molecule has 1 N–H and O–H groups in total. The lowest BCUT2D eigenvalue weighted by atomic mass is 10.0. The molecule has 2 unspecified atom stereocenters. The van der Waals surface area contributed by atoms with Gasteiger partial charge in [-0.2, -0.15) is 4.98 Å². The van der Waals surface area contributed by atoms with Gasteiger partial charge in [0.25, 0.3) is 17.5 Å². The quantitative estimate of drug-likeness (QED) is 0.632. The van der Waals surface area contributed by atoms with E-state index in [0.717, 1.165) is 24.1 Å². The van der Waals surface area contributed by atoms with Crippen LogP contribution in [0.1, 0.15) is 54.6 Å². The molecule has 2 aromatic heterocycles. The van der Waals surface area contributed by atoms with Gasteiger partial charge in [0, 0.05) is 11.9 Å². The monoisotopic (exact) mass is 381 g/mol. The van der Waals surface area contributed by atoms with E-state index >= 15 is 0 Å². The Kier molecular flexibility index (Phi) is 5.98. The molecule has 8 nitrogen and oxygen atoms in total. The van der Waals surface area contributed by atoms with Gasteiger partial charge in [0.15, 0.2) is 6.10 Å². The third kappa shape index (κ3) is 4.33. The maximum absolute atomic E-state index is 12.5. The number of esters is 1. The second-order valence-corrected chi connectivity index (χ2v) is 6.54. The van der Waals surface area contributed by atoms with Crippen LogP contribution >= 0.6 is 0 Å². The molecule has 0 aliphatic carbocycles. The Labute approximate surface area is 163 Å². The Bertz CT molecular complexity index is 970. The number of amides is 1. The third-order valence-electron chi connectivity index (χ3n) is 4.36. The number of aryl methyl sites for hydroxylation is 1. The summed E-state index contributed by atoms with van der Waals surface area (Å²) in [7, 11) is 0. The highest BCUT2D eigenvalue weighted by molar-refractivity contribution is 5.89. The molecule has 8 heteroatoms. The molecule has 28 heavy (non-hydrogen) atoms. The number of nitrogens with one attached hydrogen (secondary N) is 1. The molecule has 146 valence electrons. The van der Waals surface area contributed by atoms with Crippen LogP contribution in [-0.2, 0) is 9.53 Å². The Morgan fingerprint density at radius 1 is 1.21 bits per heavy atom. The summed E-state index contributed by atoms with van der Waals surface area (Å²) in [6.45, 7) is 5.41. The molecule has 0 saturated heterocycles. The first-order valence-corrected chi connectivity index (χ1v) is 9.24. The van der Waals surface area contributed by atoms with Gasteiger partial charge in [-0.25, -0.2) is 14.3 Å². The summed E-state index contributed by atoms with van der Waals surface area (Å²) >= 11 is 0. The molecule has 1 amide bonds. The molecule has 0 saturated carbocycles. The number of benzene rings is 1. The number of hydrogen-bond donors (Lipinski definition) is 1. The van der Waals surface area contributed by atoms with Crippen molar-refractivity contribution in [3.63, 3.8) is 0 Å². The molecule has 0 aliphatic heterocycles. The lowest BCUT2D eigenvalue weighted by molar-refractivity contribution is -0.130. The zero-order valence-electron chi connectivity index (χ0n) is 16.1. The fraction of sp³-hybridized carbons (Fsp3) is 0.350. The summed E-state index contributed by atoms with van der Waals surface area (Å²) in [5.41, 5.74) is 1.80. The van der Waals surface area contributed by atoms with Crippen molar-refractivity contribution in [1.29, 1.82) is 0 Å². The largest absolute Gasteiger partial charge is 0.447 e. The van der Waals surface area contributed by atoms with Crippen molar-refractivity contribution in [2.24, 2.45) is 0 Å². The molecular weight excluding hydrogens is 358 g/mol. The smallest absolute Gasteiger partial charge is 0.379 e. The van der Waals surface area contributed by atoms with Crippen LogP contribution in [0.15, 0.2) is 42.6 Å². The maximum Gasteiger partial charge on any atom is 0.379 e. The molecule has 0 radical (unpaired) electrons. The highest BCUT2D eigenvalue weighted by Crippen LogP contribution is 2.18. The molecule has 3 rings (SSSR count). The summed E-state index contributed by atoms with van der Waals surface area (Å²) in [6, 6.07) is 11.3. The van der Waals surface area contributed by atoms with Crippen molar-refractivity contribution in [3.05, 3.63) is 59.7 Å². The maximum atomic E-state index is 12.5. The van der Waals surface area contributed by atoms with Gasteiger partial charge in [0.2, 0.25) is 0 Å². The number of aromatic nitrogens is 4. The topological polar surface area (TPSA) is 98.5 Å². The zero-order valence-corrected chi connectivity index (χ0v) is 16.1. The number of fused-ring (bicyclic) bond motifs is 1. The lowest BCUT2D eigenvalue weighted by Gasteiger charge is -2.21. The number of carbonyl (C=O) groups is 2. The van der Waals surface area contributed by atoms with E-state index in [9.17, 15) is 9.59 Å². The standard InChI is InChI=1S/C20H23N5O3/c1-4-8-16(15-9-6-5-7-10-15)22-18(26)14(3)28-19(27)17-23-20-21-12-11-13(2)25(20)24-17/h5-7,9-12,14,16H,4,8H2,1-3H3,(H,22,26). The van der Waals surface area contributed by atoms with Gasteiger partial charge in [-0.05, 0) is 31.9 Å². The molecule has 3 aromatic rings. The highest BCUT2D eigenvalue weighted by atomic mass is 16.5. The van der Waals surface area contributed by atoms with E-state index in [4.69, 9.17) is 4.74 Å². The fourth-order valence-corrected chi connectivity index (χ4v) is 2.84. The summed E-state index contributed by atoms with van der Waals surface area (Å²) < 4.78 is 6.72. The van der Waals surface area contributed by atoms with E-state index in [1.807, 2.05) is 37.3 Å². The van der Waals surface area contributed by atoms with E-state index in [0.29, 0.717) is 5.78 Å². The fourth-order valence-electron chi connectivity index (χ4n) is 2.84.